The summed E-state index contributed by atoms with van der Waals surface area (Å²) >= 11 is 1.58. The predicted octanol–water partition coefficient (Wildman–Crippen LogP) is 4.94. The molecule has 1 aliphatic heterocycles. The fourth-order valence-electron chi connectivity index (χ4n) is 4.26. The van der Waals surface area contributed by atoms with Gasteiger partial charge in [0.15, 0.2) is 0 Å². The van der Waals surface area contributed by atoms with E-state index in [-0.39, 0.29) is 17.2 Å². The fourth-order valence-corrected chi connectivity index (χ4v) is 5.13. The van der Waals surface area contributed by atoms with Crippen molar-refractivity contribution in [1.29, 1.82) is 0 Å². The van der Waals surface area contributed by atoms with Gasteiger partial charge in [-0.25, -0.2) is 14.8 Å². The first kappa shape index (κ1) is 28.2. The van der Waals surface area contributed by atoms with Crippen LogP contribution in [-0.4, -0.2) is 51.6 Å². The van der Waals surface area contributed by atoms with Gasteiger partial charge in [0.1, 0.15) is 28.2 Å². The Bertz CT molecular complexity index is 1460. The Kier molecular flexibility index (Phi) is 8.64. The van der Waals surface area contributed by atoms with E-state index >= 15 is 0 Å². The first-order valence-electron chi connectivity index (χ1n) is 13.0. The Labute approximate surface area is 231 Å². The highest BCUT2D eigenvalue weighted by atomic mass is 32.1. The normalized spacial score (nSPS) is 16.5. The van der Waals surface area contributed by atoms with Crippen LogP contribution in [0, 0.1) is 0 Å². The van der Waals surface area contributed by atoms with E-state index in [0.717, 1.165) is 29.1 Å². The third kappa shape index (κ3) is 7.20. The van der Waals surface area contributed by atoms with Gasteiger partial charge >= 0.3 is 5.97 Å². The maximum absolute atomic E-state index is 13.6. The molecule has 3 aromatic heterocycles. The molecular weight excluding hydrogens is 516 g/mol. The van der Waals surface area contributed by atoms with Crippen LogP contribution in [0.5, 0.6) is 0 Å². The van der Waals surface area contributed by atoms with Crippen molar-refractivity contribution in [1.82, 2.24) is 14.4 Å². The van der Waals surface area contributed by atoms with Gasteiger partial charge in [-0.15, -0.1) is 11.3 Å². The van der Waals surface area contributed by atoms with Crippen LogP contribution < -0.4 is 10.5 Å². The highest BCUT2D eigenvalue weighted by Gasteiger charge is 2.25. The molecule has 9 nitrogen and oxygen atoms in total. The van der Waals surface area contributed by atoms with Crippen molar-refractivity contribution in [3.8, 4) is 0 Å². The number of nitrogens with zero attached hydrogens (tertiary/aromatic N) is 4. The van der Waals surface area contributed by atoms with Crippen molar-refractivity contribution in [2.24, 2.45) is 0 Å². The van der Waals surface area contributed by atoms with Crippen LogP contribution in [-0.2, 0) is 19.1 Å². The van der Waals surface area contributed by atoms with E-state index in [2.05, 4.69) is 24.2 Å². The van der Waals surface area contributed by atoms with Gasteiger partial charge in [-0.05, 0) is 69.4 Å². The molecule has 4 rings (SSSR count). The summed E-state index contributed by atoms with van der Waals surface area (Å²) in [5, 5.41) is 2.96. The Morgan fingerprint density at radius 1 is 1.21 bits per heavy atom. The molecule has 1 aliphatic rings. The molecule has 206 valence electrons. The van der Waals surface area contributed by atoms with E-state index in [1.54, 1.807) is 38.3 Å². The lowest BCUT2D eigenvalue weighted by Gasteiger charge is -2.33. The van der Waals surface area contributed by atoms with Gasteiger partial charge in [0.25, 0.3) is 12.0 Å². The molecule has 0 spiro atoms. The van der Waals surface area contributed by atoms with Crippen LogP contribution in [0.15, 0.2) is 34.6 Å². The summed E-state index contributed by atoms with van der Waals surface area (Å²) in [6, 6.07) is 3.67. The van der Waals surface area contributed by atoms with Crippen molar-refractivity contribution in [3.05, 3.63) is 62.0 Å². The monoisotopic (exact) mass is 550 g/mol. The van der Waals surface area contributed by atoms with Crippen LogP contribution in [0.2, 0.25) is 0 Å². The average molecular weight is 551 g/mol. The zero-order valence-corrected chi connectivity index (χ0v) is 23.7. The summed E-state index contributed by atoms with van der Waals surface area (Å²) in [6.07, 6.45) is 9.47. The minimum atomic E-state index is -0.661. The van der Waals surface area contributed by atoms with Gasteiger partial charge in [-0.1, -0.05) is 19.9 Å². The Hall–Kier alpha value is -3.79. The second-order valence-corrected chi connectivity index (χ2v) is 11.6. The maximum Gasteiger partial charge on any atom is 0.331 e. The first-order valence-corrected chi connectivity index (χ1v) is 13.9. The van der Waals surface area contributed by atoms with E-state index in [4.69, 9.17) is 14.5 Å². The van der Waals surface area contributed by atoms with E-state index in [1.807, 2.05) is 29.2 Å². The zero-order valence-electron chi connectivity index (χ0n) is 22.9. The molecule has 0 radical (unpaired) electrons. The molecule has 4 heterocycles. The predicted molar refractivity (Wildman–Crippen MR) is 154 cm³/mol. The minimum Gasteiger partial charge on any atom is -0.463 e. The summed E-state index contributed by atoms with van der Waals surface area (Å²) in [4.78, 5) is 48.4. The highest BCUT2D eigenvalue weighted by molar-refractivity contribution is 7.10. The fraction of sp³-hybridized carbons (Fsp3) is 0.414. The molecule has 0 saturated carbocycles. The zero-order chi connectivity index (χ0) is 28.2. The van der Waals surface area contributed by atoms with Gasteiger partial charge in [0.05, 0.1) is 17.8 Å². The summed E-state index contributed by atoms with van der Waals surface area (Å²) in [5.74, 6) is 0.243. The Morgan fingerprint density at radius 3 is 2.69 bits per heavy atom. The van der Waals surface area contributed by atoms with Crippen LogP contribution in [0.4, 0.5) is 5.82 Å². The maximum atomic E-state index is 13.6. The van der Waals surface area contributed by atoms with Crippen molar-refractivity contribution in [2.45, 2.75) is 65.1 Å². The molecule has 0 unspecified atom stereocenters. The Balaban J connectivity index is 1.73. The summed E-state index contributed by atoms with van der Waals surface area (Å²) in [7, 11) is 0. The number of rotatable bonds is 8. The second-order valence-electron chi connectivity index (χ2n) is 10.8. The SMILES string of the molecule is CC(C)c1csc(/C=C/c2ccn3c(=O)c(/C=C/C(=O)OC(C)(C)C)c(N4CCC[C@@H](OC=O)C4)nc3c2)n1. The van der Waals surface area contributed by atoms with Crippen LogP contribution in [0.3, 0.4) is 0 Å². The molecule has 0 bridgehead atoms. The van der Waals surface area contributed by atoms with Crippen LogP contribution in [0.1, 0.15) is 75.2 Å². The third-order valence-electron chi connectivity index (χ3n) is 6.14. The number of hydrogen-bond acceptors (Lipinski definition) is 9. The third-order valence-corrected chi connectivity index (χ3v) is 6.97. The largest absolute Gasteiger partial charge is 0.463 e. The smallest absolute Gasteiger partial charge is 0.331 e. The summed E-state index contributed by atoms with van der Waals surface area (Å²) < 4.78 is 12.0. The molecule has 10 heteroatoms. The lowest BCUT2D eigenvalue weighted by Crippen LogP contribution is -2.41. The highest BCUT2D eigenvalue weighted by Crippen LogP contribution is 2.24. The van der Waals surface area contributed by atoms with Gasteiger partial charge in [-0.2, -0.15) is 0 Å². The van der Waals surface area contributed by atoms with E-state index < -0.39 is 11.6 Å². The molecule has 1 saturated heterocycles. The quantitative estimate of drug-likeness (QED) is 0.221. The topological polar surface area (TPSA) is 103 Å². The number of aromatic nitrogens is 3. The van der Waals surface area contributed by atoms with Crippen molar-refractivity contribution >= 4 is 53.5 Å². The average Bonchev–Trinajstić information content (AvgIpc) is 3.36. The molecule has 3 aromatic rings. The summed E-state index contributed by atoms with van der Waals surface area (Å²) in [5.41, 5.74) is 1.68. The van der Waals surface area contributed by atoms with Crippen molar-refractivity contribution in [3.63, 3.8) is 0 Å². The van der Waals surface area contributed by atoms with Crippen molar-refractivity contribution < 1.29 is 19.1 Å². The van der Waals surface area contributed by atoms with Gasteiger partial charge in [0.2, 0.25) is 0 Å². The molecule has 1 fully saturated rings. The van der Waals surface area contributed by atoms with Crippen LogP contribution >= 0.6 is 11.3 Å². The van der Waals surface area contributed by atoms with E-state index in [0.29, 0.717) is 36.9 Å². The lowest BCUT2D eigenvalue weighted by atomic mass is 10.1. The Morgan fingerprint density at radius 2 is 2.00 bits per heavy atom. The number of anilines is 1. The molecule has 39 heavy (non-hydrogen) atoms. The number of carbonyl (C=O) groups is 2. The number of thiazole rings is 1. The van der Waals surface area contributed by atoms with Gasteiger partial charge in [-0.3, -0.25) is 14.0 Å². The molecule has 0 aliphatic carbocycles. The number of piperidine rings is 1. The minimum absolute atomic E-state index is 0.261. The molecule has 1 atom stereocenters. The number of ether oxygens (including phenoxy) is 2. The van der Waals surface area contributed by atoms with Crippen LogP contribution in [0.25, 0.3) is 23.9 Å². The number of pyridine rings is 1. The number of hydrogen-bond donors (Lipinski definition) is 0. The van der Waals surface area contributed by atoms with Gasteiger partial charge < -0.3 is 14.4 Å². The molecule has 0 amide bonds. The van der Waals surface area contributed by atoms with Crippen molar-refractivity contribution in [2.75, 3.05) is 18.0 Å². The standard InChI is InChI=1S/C29H34N4O5S/c1-19(2)23-17-39-25(30-23)10-8-20-12-14-33-24(15-20)31-27(32-13-6-7-21(16-32)37-18-34)22(28(33)36)9-11-26(35)38-29(3,4)5/h8-12,14-15,17-19,21H,6-7,13,16H2,1-5H3/b10-8+,11-9+/t21-/m1/s1. The molecular formula is C29H34N4O5S. The van der Waals surface area contributed by atoms with E-state index in [9.17, 15) is 14.4 Å². The van der Waals surface area contributed by atoms with E-state index in [1.165, 1.54) is 16.6 Å². The molecule has 0 N–H and O–H groups in total. The number of fused-ring (bicyclic) bond motifs is 1. The number of esters is 1. The number of carbonyl (C=O) groups excluding carboxylic acids is 2. The second kappa shape index (κ2) is 11.9. The van der Waals surface area contributed by atoms with Gasteiger partial charge in [0, 0.05) is 24.2 Å². The first-order chi connectivity index (χ1) is 18.5. The summed E-state index contributed by atoms with van der Waals surface area (Å²) in [6.45, 7) is 11.0. The molecule has 0 aromatic carbocycles. The lowest BCUT2D eigenvalue weighted by molar-refractivity contribution is -0.148.